The molecule has 5 nitrogen and oxygen atoms in total. The molecule has 118 valence electrons. The Morgan fingerprint density at radius 1 is 1.00 bits per heavy atom. The molecule has 2 fully saturated rings. The molecule has 1 saturated heterocycles. The van der Waals surface area contributed by atoms with E-state index in [4.69, 9.17) is 0 Å². The van der Waals surface area contributed by atoms with Crippen molar-refractivity contribution < 1.29 is 14.4 Å². The lowest BCUT2D eigenvalue weighted by Crippen LogP contribution is -2.38. The van der Waals surface area contributed by atoms with Crippen LogP contribution in [0.1, 0.15) is 19.8 Å². The number of nitrogens with zero attached hydrogens (tertiary/aromatic N) is 1. The van der Waals surface area contributed by atoms with Gasteiger partial charge in [0.25, 0.3) is 0 Å². The molecular formula is C18H18N2O3. The van der Waals surface area contributed by atoms with Crippen LogP contribution in [0.2, 0.25) is 0 Å². The van der Waals surface area contributed by atoms with Crippen molar-refractivity contribution in [1.82, 2.24) is 0 Å². The molecule has 3 amide bonds. The Balaban J connectivity index is 1.64. The number of anilines is 2. The first-order chi connectivity index (χ1) is 11.1. The number of hydrogen-bond acceptors (Lipinski definition) is 3. The molecule has 5 rings (SSSR count). The highest BCUT2D eigenvalue weighted by atomic mass is 16.2. The standard InChI is InChI=1S/C18H18N2O3/c1-10(21)19-13-6-8-14(9-7-13)20-17(22)15-11-2-3-12(5-4-11)16(15)18(20)23/h2-3,6-9,11-12,15-16H,4-5H2,1H3,(H,19,21)/t11-,12-,15-,16-/m0/s1. The summed E-state index contributed by atoms with van der Waals surface area (Å²) in [6, 6.07) is 6.86. The van der Waals surface area contributed by atoms with Crippen molar-refractivity contribution in [3.63, 3.8) is 0 Å². The van der Waals surface area contributed by atoms with Gasteiger partial charge in [0.15, 0.2) is 0 Å². The molecule has 2 bridgehead atoms. The minimum atomic E-state index is -0.193. The van der Waals surface area contributed by atoms with Crippen LogP contribution in [0, 0.1) is 23.7 Å². The summed E-state index contributed by atoms with van der Waals surface area (Å²) in [4.78, 5) is 38.0. The first-order valence-electron chi connectivity index (χ1n) is 8.00. The number of nitrogens with one attached hydrogen (secondary N) is 1. The number of amides is 3. The van der Waals surface area contributed by atoms with Crippen molar-refractivity contribution in [2.75, 3.05) is 10.2 Å². The second kappa shape index (κ2) is 5.05. The normalized spacial score (nSPS) is 31.4. The molecule has 1 heterocycles. The number of allylic oxidation sites excluding steroid dienone is 2. The number of fused-ring (bicyclic) bond motifs is 1. The average Bonchev–Trinajstić information content (AvgIpc) is 2.83. The summed E-state index contributed by atoms with van der Waals surface area (Å²) in [5.74, 6) is -0.296. The average molecular weight is 310 g/mol. The zero-order chi connectivity index (χ0) is 16.1. The van der Waals surface area contributed by atoms with Crippen LogP contribution >= 0.6 is 0 Å². The molecule has 1 saturated carbocycles. The second-order valence-corrected chi connectivity index (χ2v) is 6.58. The number of imide groups is 1. The number of hydrogen-bond donors (Lipinski definition) is 1. The van der Waals surface area contributed by atoms with Crippen molar-refractivity contribution in [1.29, 1.82) is 0 Å². The highest BCUT2D eigenvalue weighted by molar-refractivity contribution is 6.22. The van der Waals surface area contributed by atoms with Gasteiger partial charge in [-0.3, -0.25) is 19.3 Å². The predicted molar refractivity (Wildman–Crippen MR) is 85.6 cm³/mol. The Morgan fingerprint density at radius 3 is 1.96 bits per heavy atom. The number of rotatable bonds is 2. The number of carbonyl (C=O) groups excluding carboxylic acids is 3. The lowest BCUT2D eigenvalue weighted by atomic mass is 9.63. The Kier molecular flexibility index (Phi) is 3.11. The zero-order valence-electron chi connectivity index (χ0n) is 12.9. The maximum absolute atomic E-state index is 12.8. The summed E-state index contributed by atoms with van der Waals surface area (Å²) in [5.41, 5.74) is 1.24. The highest BCUT2D eigenvalue weighted by Gasteiger charge is 2.56. The molecule has 3 aliphatic carbocycles. The molecule has 5 heteroatoms. The summed E-state index contributed by atoms with van der Waals surface area (Å²) >= 11 is 0. The van der Waals surface area contributed by atoms with Crippen molar-refractivity contribution in [3.8, 4) is 0 Å². The van der Waals surface area contributed by atoms with E-state index in [1.807, 2.05) is 0 Å². The minimum Gasteiger partial charge on any atom is -0.326 e. The third kappa shape index (κ3) is 2.11. The van der Waals surface area contributed by atoms with E-state index in [0.29, 0.717) is 11.4 Å². The zero-order valence-corrected chi connectivity index (χ0v) is 12.9. The topological polar surface area (TPSA) is 66.5 Å². The first kappa shape index (κ1) is 14.2. The summed E-state index contributed by atoms with van der Waals surface area (Å²) in [5, 5.41) is 2.68. The molecule has 1 aromatic carbocycles. The number of carbonyl (C=O) groups is 3. The van der Waals surface area contributed by atoms with Gasteiger partial charge in [0.05, 0.1) is 17.5 Å². The summed E-state index contributed by atoms with van der Waals surface area (Å²) in [6.07, 6.45) is 6.22. The van der Waals surface area contributed by atoms with Gasteiger partial charge in [-0.25, -0.2) is 0 Å². The van der Waals surface area contributed by atoms with E-state index in [1.54, 1.807) is 24.3 Å². The quantitative estimate of drug-likeness (QED) is 0.673. The number of benzene rings is 1. The van der Waals surface area contributed by atoms with E-state index in [9.17, 15) is 14.4 Å². The summed E-state index contributed by atoms with van der Waals surface area (Å²) in [6.45, 7) is 1.44. The fourth-order valence-electron chi connectivity index (χ4n) is 4.23. The van der Waals surface area contributed by atoms with Crippen molar-refractivity contribution in [2.24, 2.45) is 23.7 Å². The van der Waals surface area contributed by atoms with Crippen LogP contribution in [0.3, 0.4) is 0 Å². The first-order valence-corrected chi connectivity index (χ1v) is 8.00. The van der Waals surface area contributed by atoms with E-state index in [1.165, 1.54) is 11.8 Å². The van der Waals surface area contributed by atoms with Crippen LogP contribution in [-0.2, 0) is 14.4 Å². The molecule has 1 aromatic rings. The van der Waals surface area contributed by atoms with Gasteiger partial charge in [0.2, 0.25) is 17.7 Å². The van der Waals surface area contributed by atoms with Crippen molar-refractivity contribution >= 4 is 29.1 Å². The fourth-order valence-corrected chi connectivity index (χ4v) is 4.23. The molecular weight excluding hydrogens is 292 g/mol. The Hall–Kier alpha value is -2.43. The molecule has 4 atom stereocenters. The second-order valence-electron chi connectivity index (χ2n) is 6.58. The van der Waals surface area contributed by atoms with Crippen LogP contribution in [-0.4, -0.2) is 17.7 Å². The van der Waals surface area contributed by atoms with E-state index < -0.39 is 0 Å². The Bertz CT molecular complexity index is 690. The molecule has 1 aliphatic heterocycles. The van der Waals surface area contributed by atoms with Crippen LogP contribution in [0.15, 0.2) is 36.4 Å². The lowest BCUT2D eigenvalue weighted by Gasteiger charge is -2.38. The SMILES string of the molecule is CC(=O)Nc1ccc(N2C(=O)[C@@H]3[C@@H](C2=O)[C@H]2C=C[C@H]3CC2)cc1. The molecule has 23 heavy (non-hydrogen) atoms. The van der Waals surface area contributed by atoms with Gasteiger partial charge in [-0.2, -0.15) is 0 Å². The maximum atomic E-state index is 12.8. The maximum Gasteiger partial charge on any atom is 0.238 e. The molecule has 1 N–H and O–H groups in total. The third-order valence-electron chi connectivity index (χ3n) is 5.21. The van der Waals surface area contributed by atoms with E-state index in [2.05, 4.69) is 17.5 Å². The molecule has 0 radical (unpaired) electrons. The monoisotopic (exact) mass is 310 g/mol. The van der Waals surface area contributed by atoms with Gasteiger partial charge in [-0.15, -0.1) is 0 Å². The van der Waals surface area contributed by atoms with Gasteiger partial charge in [-0.05, 0) is 48.9 Å². The van der Waals surface area contributed by atoms with Crippen LogP contribution in [0.5, 0.6) is 0 Å². The molecule has 0 spiro atoms. The lowest BCUT2D eigenvalue weighted by molar-refractivity contribution is -0.124. The van der Waals surface area contributed by atoms with Gasteiger partial charge >= 0.3 is 0 Å². The summed E-state index contributed by atoms with van der Waals surface area (Å²) < 4.78 is 0. The van der Waals surface area contributed by atoms with Gasteiger partial charge in [0.1, 0.15) is 0 Å². The van der Waals surface area contributed by atoms with Gasteiger partial charge in [-0.1, -0.05) is 12.2 Å². The highest BCUT2D eigenvalue weighted by Crippen LogP contribution is 2.50. The van der Waals surface area contributed by atoms with Gasteiger partial charge in [0, 0.05) is 12.6 Å². The third-order valence-corrected chi connectivity index (χ3v) is 5.21. The molecule has 0 aromatic heterocycles. The fraction of sp³-hybridized carbons (Fsp3) is 0.389. The van der Waals surface area contributed by atoms with Crippen molar-refractivity contribution in [3.05, 3.63) is 36.4 Å². The predicted octanol–water partition coefficient (Wildman–Crippen LogP) is 2.35. The smallest absolute Gasteiger partial charge is 0.238 e. The largest absolute Gasteiger partial charge is 0.326 e. The van der Waals surface area contributed by atoms with E-state index in [-0.39, 0.29) is 41.4 Å². The Labute approximate surface area is 134 Å². The van der Waals surface area contributed by atoms with Crippen molar-refractivity contribution in [2.45, 2.75) is 19.8 Å². The van der Waals surface area contributed by atoms with Crippen LogP contribution < -0.4 is 10.2 Å². The van der Waals surface area contributed by atoms with Gasteiger partial charge < -0.3 is 5.32 Å². The van der Waals surface area contributed by atoms with E-state index >= 15 is 0 Å². The summed E-state index contributed by atoms with van der Waals surface area (Å²) in [7, 11) is 0. The minimum absolute atomic E-state index is 0.0775. The molecule has 4 aliphatic rings. The van der Waals surface area contributed by atoms with Crippen LogP contribution in [0.4, 0.5) is 11.4 Å². The van der Waals surface area contributed by atoms with Crippen LogP contribution in [0.25, 0.3) is 0 Å². The van der Waals surface area contributed by atoms with E-state index in [0.717, 1.165) is 12.8 Å². The molecule has 0 unspecified atom stereocenters. The Morgan fingerprint density at radius 2 is 1.52 bits per heavy atom.